The Balaban J connectivity index is 1.70. The molecule has 1 heterocycles. The van der Waals surface area contributed by atoms with Crippen molar-refractivity contribution in [1.82, 2.24) is 0 Å². The average molecular weight is 526 g/mol. The van der Waals surface area contributed by atoms with Crippen LogP contribution in [0, 0.1) is 0 Å². The fraction of sp³-hybridized carbons (Fsp3) is 0.0556. The van der Waals surface area contributed by atoms with Gasteiger partial charge in [-0.15, -0.1) is 0 Å². The molecule has 6 rings (SSSR count). The standard InChI is InChI=1S/C36H28ClNO/c1-39-32-23-21-31(22-24-32)38-34(27-11-5-2-6-12-27)25-33(26-17-19-30(37)20-18-26)35(28-13-7-3-8-14-28)36(38)29-15-9-4-10-16-29/h2-25,36H,1H3. The molecule has 190 valence electrons. The zero-order valence-corrected chi connectivity index (χ0v) is 22.4. The first kappa shape index (κ1) is 24.8. The second-order valence-electron chi connectivity index (χ2n) is 9.48. The fourth-order valence-electron chi connectivity index (χ4n) is 5.31. The van der Waals surface area contributed by atoms with Gasteiger partial charge in [0.25, 0.3) is 0 Å². The molecule has 1 aliphatic rings. The molecular formula is C36H28ClNO. The van der Waals surface area contributed by atoms with Gasteiger partial charge in [-0.05, 0) is 75.9 Å². The van der Waals surface area contributed by atoms with Gasteiger partial charge in [0.05, 0.1) is 13.2 Å². The van der Waals surface area contributed by atoms with Gasteiger partial charge >= 0.3 is 0 Å². The first-order chi connectivity index (χ1) is 19.2. The number of hydrogen-bond donors (Lipinski definition) is 0. The Morgan fingerprint density at radius 2 is 1.15 bits per heavy atom. The molecule has 0 bridgehead atoms. The van der Waals surface area contributed by atoms with Gasteiger partial charge in [0.15, 0.2) is 0 Å². The number of benzene rings is 5. The number of methoxy groups -OCH3 is 1. The van der Waals surface area contributed by atoms with Crippen molar-refractivity contribution in [2.45, 2.75) is 6.04 Å². The van der Waals surface area contributed by atoms with Crippen molar-refractivity contribution in [2.75, 3.05) is 12.0 Å². The average Bonchev–Trinajstić information content (AvgIpc) is 3.02. The van der Waals surface area contributed by atoms with E-state index in [0.717, 1.165) is 33.3 Å². The van der Waals surface area contributed by atoms with Gasteiger partial charge in [-0.3, -0.25) is 0 Å². The van der Waals surface area contributed by atoms with E-state index >= 15 is 0 Å². The molecule has 1 aliphatic heterocycles. The highest BCUT2D eigenvalue weighted by molar-refractivity contribution is 6.30. The summed E-state index contributed by atoms with van der Waals surface area (Å²) in [5.41, 5.74) is 9.28. The number of anilines is 1. The lowest BCUT2D eigenvalue weighted by Crippen LogP contribution is -2.31. The highest BCUT2D eigenvalue weighted by Gasteiger charge is 2.34. The molecule has 0 aromatic heterocycles. The molecule has 1 unspecified atom stereocenters. The lowest BCUT2D eigenvalue weighted by molar-refractivity contribution is 0.415. The normalized spacial score (nSPS) is 15.2. The molecule has 2 nitrogen and oxygen atoms in total. The van der Waals surface area contributed by atoms with Crippen molar-refractivity contribution >= 4 is 34.1 Å². The Bertz CT molecular complexity index is 1610. The van der Waals surface area contributed by atoms with Gasteiger partial charge in [-0.2, -0.15) is 0 Å². The van der Waals surface area contributed by atoms with E-state index in [1.54, 1.807) is 7.11 Å². The van der Waals surface area contributed by atoms with E-state index in [0.29, 0.717) is 0 Å². The van der Waals surface area contributed by atoms with Crippen LogP contribution in [0.25, 0.3) is 16.8 Å². The van der Waals surface area contributed by atoms with Gasteiger partial charge in [-0.1, -0.05) is 115 Å². The lowest BCUT2D eigenvalue weighted by Gasteiger charge is -2.42. The lowest BCUT2D eigenvalue weighted by atomic mass is 9.81. The summed E-state index contributed by atoms with van der Waals surface area (Å²) in [5, 5.41) is 0.725. The van der Waals surface area contributed by atoms with Gasteiger partial charge in [0.2, 0.25) is 0 Å². The Labute approximate surface area is 235 Å². The van der Waals surface area contributed by atoms with Crippen LogP contribution < -0.4 is 9.64 Å². The summed E-state index contributed by atoms with van der Waals surface area (Å²) in [6.07, 6.45) is 2.32. The van der Waals surface area contributed by atoms with Crippen molar-refractivity contribution in [3.63, 3.8) is 0 Å². The zero-order chi connectivity index (χ0) is 26.6. The first-order valence-corrected chi connectivity index (χ1v) is 13.4. The minimum atomic E-state index is -0.0899. The molecule has 0 N–H and O–H groups in total. The molecule has 5 aromatic rings. The summed E-state index contributed by atoms with van der Waals surface area (Å²) in [6.45, 7) is 0. The first-order valence-electron chi connectivity index (χ1n) is 13.0. The summed E-state index contributed by atoms with van der Waals surface area (Å²) >= 11 is 6.33. The van der Waals surface area contributed by atoms with Crippen LogP contribution in [-0.2, 0) is 0 Å². The van der Waals surface area contributed by atoms with Crippen molar-refractivity contribution in [3.05, 3.63) is 173 Å². The molecule has 0 fully saturated rings. The molecule has 5 aromatic carbocycles. The molecule has 0 aliphatic carbocycles. The molecular weight excluding hydrogens is 498 g/mol. The molecule has 0 radical (unpaired) electrons. The maximum absolute atomic E-state index is 6.33. The Morgan fingerprint density at radius 1 is 0.590 bits per heavy atom. The van der Waals surface area contributed by atoms with Crippen LogP contribution in [0.3, 0.4) is 0 Å². The monoisotopic (exact) mass is 525 g/mol. The smallest absolute Gasteiger partial charge is 0.119 e. The second-order valence-corrected chi connectivity index (χ2v) is 9.91. The van der Waals surface area contributed by atoms with Crippen molar-refractivity contribution in [1.29, 1.82) is 0 Å². The highest BCUT2D eigenvalue weighted by atomic mass is 35.5. The van der Waals surface area contributed by atoms with E-state index in [1.165, 1.54) is 22.3 Å². The van der Waals surface area contributed by atoms with Crippen LogP contribution in [0.4, 0.5) is 5.69 Å². The number of nitrogens with zero attached hydrogens (tertiary/aromatic N) is 1. The Kier molecular flexibility index (Phi) is 7.03. The number of ether oxygens (including phenoxy) is 1. The number of rotatable bonds is 6. The molecule has 0 spiro atoms. The van der Waals surface area contributed by atoms with Gasteiger partial charge < -0.3 is 9.64 Å². The summed E-state index contributed by atoms with van der Waals surface area (Å²) < 4.78 is 5.50. The van der Waals surface area contributed by atoms with Crippen LogP contribution in [0.5, 0.6) is 5.75 Å². The minimum absolute atomic E-state index is 0.0899. The fourth-order valence-corrected chi connectivity index (χ4v) is 5.44. The van der Waals surface area contributed by atoms with E-state index < -0.39 is 0 Å². The van der Waals surface area contributed by atoms with Crippen LogP contribution in [0.2, 0.25) is 5.02 Å². The molecule has 0 amide bonds. The topological polar surface area (TPSA) is 12.5 Å². The summed E-state index contributed by atoms with van der Waals surface area (Å²) in [4.78, 5) is 2.45. The SMILES string of the molecule is COc1ccc(N2C(c3ccccc3)=CC(c3ccc(Cl)cc3)=C(c3ccccc3)C2c2ccccc2)cc1. The maximum atomic E-state index is 6.33. The largest absolute Gasteiger partial charge is 0.497 e. The van der Waals surface area contributed by atoms with Crippen LogP contribution in [0.1, 0.15) is 28.3 Å². The molecule has 0 saturated carbocycles. The van der Waals surface area contributed by atoms with E-state index in [-0.39, 0.29) is 6.04 Å². The maximum Gasteiger partial charge on any atom is 0.119 e. The molecule has 39 heavy (non-hydrogen) atoms. The Morgan fingerprint density at radius 3 is 1.74 bits per heavy atom. The number of hydrogen-bond acceptors (Lipinski definition) is 2. The molecule has 0 saturated heterocycles. The zero-order valence-electron chi connectivity index (χ0n) is 21.7. The summed E-state index contributed by atoms with van der Waals surface area (Å²) in [6, 6.07) is 48.5. The highest BCUT2D eigenvalue weighted by Crippen LogP contribution is 2.50. The minimum Gasteiger partial charge on any atom is -0.497 e. The van der Waals surface area contributed by atoms with Crippen molar-refractivity contribution in [2.24, 2.45) is 0 Å². The molecule has 3 heteroatoms. The van der Waals surface area contributed by atoms with Gasteiger partial charge in [-0.25, -0.2) is 0 Å². The van der Waals surface area contributed by atoms with E-state index in [2.05, 4.69) is 126 Å². The van der Waals surface area contributed by atoms with Gasteiger partial charge in [0, 0.05) is 16.4 Å². The van der Waals surface area contributed by atoms with Gasteiger partial charge in [0.1, 0.15) is 5.75 Å². The quantitative estimate of drug-likeness (QED) is 0.219. The summed E-state index contributed by atoms with van der Waals surface area (Å²) in [5.74, 6) is 0.831. The number of halogens is 1. The van der Waals surface area contributed by atoms with Crippen LogP contribution in [0.15, 0.2) is 146 Å². The van der Waals surface area contributed by atoms with Crippen LogP contribution in [-0.4, -0.2) is 7.11 Å². The van der Waals surface area contributed by atoms with Crippen LogP contribution >= 0.6 is 11.6 Å². The Hall–Kier alpha value is -4.53. The van der Waals surface area contributed by atoms with E-state index in [9.17, 15) is 0 Å². The molecule has 1 atom stereocenters. The van der Waals surface area contributed by atoms with Crippen molar-refractivity contribution in [3.8, 4) is 5.75 Å². The van der Waals surface area contributed by atoms with E-state index in [4.69, 9.17) is 16.3 Å². The van der Waals surface area contributed by atoms with E-state index in [1.807, 2.05) is 24.3 Å². The predicted molar refractivity (Wildman–Crippen MR) is 164 cm³/mol. The number of allylic oxidation sites excluding steroid dienone is 2. The second kappa shape index (κ2) is 11.1. The van der Waals surface area contributed by atoms with Crippen molar-refractivity contribution < 1.29 is 4.74 Å². The third-order valence-corrected chi connectivity index (χ3v) is 7.39. The predicted octanol–water partition coefficient (Wildman–Crippen LogP) is 9.56. The summed E-state index contributed by atoms with van der Waals surface area (Å²) in [7, 11) is 1.70. The third kappa shape index (κ3) is 4.99. The third-order valence-electron chi connectivity index (χ3n) is 7.14.